The van der Waals surface area contributed by atoms with Gasteiger partial charge in [-0.2, -0.15) is 4.31 Å². The summed E-state index contributed by atoms with van der Waals surface area (Å²) in [6.07, 6.45) is 6.20. The van der Waals surface area contributed by atoms with Crippen molar-refractivity contribution >= 4 is 32.5 Å². The van der Waals surface area contributed by atoms with Gasteiger partial charge in [-0.15, -0.1) is 0 Å². The molecule has 0 atom stereocenters. The van der Waals surface area contributed by atoms with Gasteiger partial charge in [0.15, 0.2) is 0 Å². The second kappa shape index (κ2) is 7.13. The zero-order valence-electron chi connectivity index (χ0n) is 14.7. The highest BCUT2D eigenvalue weighted by Crippen LogP contribution is 2.22. The molecule has 1 aromatic carbocycles. The monoisotopic (exact) mass is 384 g/mol. The van der Waals surface area contributed by atoms with E-state index in [1.54, 1.807) is 36.7 Å². The predicted octanol–water partition coefficient (Wildman–Crippen LogP) is 2.99. The van der Waals surface area contributed by atoms with Crippen molar-refractivity contribution in [1.82, 2.24) is 14.3 Å². The minimum atomic E-state index is -3.47. The summed E-state index contributed by atoms with van der Waals surface area (Å²) in [7, 11) is -3.47. The summed E-state index contributed by atoms with van der Waals surface area (Å²) in [5, 5.41) is 3.63. The maximum atomic E-state index is 12.7. The number of H-pyrrole nitrogens is 1. The van der Waals surface area contributed by atoms with Gasteiger partial charge in [-0.1, -0.05) is 6.42 Å². The van der Waals surface area contributed by atoms with E-state index in [1.165, 1.54) is 16.4 Å². The van der Waals surface area contributed by atoms with Crippen LogP contribution in [0.5, 0.6) is 0 Å². The number of aromatic amines is 1. The van der Waals surface area contributed by atoms with Crippen molar-refractivity contribution in [2.45, 2.75) is 24.2 Å². The van der Waals surface area contributed by atoms with Gasteiger partial charge in [0.1, 0.15) is 5.69 Å². The Bertz CT molecular complexity index is 1030. The Labute approximate surface area is 157 Å². The highest BCUT2D eigenvalue weighted by atomic mass is 32.2. The minimum Gasteiger partial charge on any atom is -0.350 e. The Morgan fingerprint density at radius 3 is 2.52 bits per heavy atom. The minimum absolute atomic E-state index is 0.249. The van der Waals surface area contributed by atoms with Gasteiger partial charge in [0.2, 0.25) is 10.0 Å². The number of hydrogen-bond acceptors (Lipinski definition) is 4. The van der Waals surface area contributed by atoms with Crippen LogP contribution in [0.1, 0.15) is 29.8 Å². The van der Waals surface area contributed by atoms with Gasteiger partial charge in [-0.25, -0.2) is 8.42 Å². The molecule has 1 aliphatic heterocycles. The maximum absolute atomic E-state index is 12.7. The first-order valence-corrected chi connectivity index (χ1v) is 10.3. The molecule has 0 spiro atoms. The number of hydrogen-bond donors (Lipinski definition) is 2. The molecule has 0 unspecified atom stereocenters. The van der Waals surface area contributed by atoms with Crippen molar-refractivity contribution in [2.24, 2.45) is 0 Å². The summed E-state index contributed by atoms with van der Waals surface area (Å²) in [5.74, 6) is -0.294. The van der Waals surface area contributed by atoms with Crippen LogP contribution in [0.25, 0.3) is 10.9 Å². The number of pyridine rings is 1. The van der Waals surface area contributed by atoms with Gasteiger partial charge in [-0.05, 0) is 49.2 Å². The standard InChI is InChI=1S/C19H20N4O3S/c24-19(18-12-14-13-20-9-8-17(14)22-18)21-15-4-6-16(7-5-15)27(25,26)23-10-2-1-3-11-23/h4-9,12-13,22H,1-3,10-11H2,(H,21,24). The van der Waals surface area contributed by atoms with E-state index in [9.17, 15) is 13.2 Å². The van der Waals surface area contributed by atoms with Crippen LogP contribution in [0.4, 0.5) is 5.69 Å². The van der Waals surface area contributed by atoms with Gasteiger partial charge in [0.25, 0.3) is 5.91 Å². The van der Waals surface area contributed by atoms with Crippen LogP contribution >= 0.6 is 0 Å². The summed E-state index contributed by atoms with van der Waals surface area (Å²) in [5.41, 5.74) is 1.79. The summed E-state index contributed by atoms with van der Waals surface area (Å²) < 4.78 is 26.9. The molecule has 4 rings (SSSR count). The first kappa shape index (κ1) is 17.7. The van der Waals surface area contributed by atoms with E-state index in [0.29, 0.717) is 24.5 Å². The number of piperidine rings is 1. The van der Waals surface area contributed by atoms with Crippen LogP contribution in [0.15, 0.2) is 53.7 Å². The molecule has 0 aliphatic carbocycles. The molecule has 1 aliphatic rings. The normalized spacial score (nSPS) is 15.7. The molecular formula is C19H20N4O3S. The Hall–Kier alpha value is -2.71. The molecule has 2 aromatic heterocycles. The number of carbonyl (C=O) groups excluding carboxylic acids is 1. The second-order valence-corrected chi connectivity index (χ2v) is 8.53. The first-order valence-electron chi connectivity index (χ1n) is 8.88. The van der Waals surface area contributed by atoms with Crippen LogP contribution in [0.2, 0.25) is 0 Å². The lowest BCUT2D eigenvalue weighted by Gasteiger charge is -2.25. The number of nitrogens with one attached hydrogen (secondary N) is 2. The maximum Gasteiger partial charge on any atom is 0.272 e. The molecule has 8 heteroatoms. The third kappa shape index (κ3) is 3.58. The number of benzene rings is 1. The third-order valence-corrected chi connectivity index (χ3v) is 6.64. The Morgan fingerprint density at radius 2 is 1.81 bits per heavy atom. The van der Waals surface area contributed by atoms with Gasteiger partial charge in [0, 0.05) is 42.1 Å². The molecule has 3 aromatic rings. The van der Waals surface area contributed by atoms with Crippen molar-refractivity contribution in [1.29, 1.82) is 0 Å². The van der Waals surface area contributed by atoms with E-state index in [-0.39, 0.29) is 10.8 Å². The lowest BCUT2D eigenvalue weighted by atomic mass is 10.2. The quantitative estimate of drug-likeness (QED) is 0.723. The number of sulfonamides is 1. The molecule has 2 N–H and O–H groups in total. The van der Waals surface area contributed by atoms with E-state index in [4.69, 9.17) is 0 Å². The number of fused-ring (bicyclic) bond motifs is 1. The number of amides is 1. The van der Waals surface area contributed by atoms with Crippen LogP contribution < -0.4 is 5.32 Å². The number of nitrogens with zero attached hydrogens (tertiary/aromatic N) is 2. The van der Waals surface area contributed by atoms with Gasteiger partial charge in [-0.3, -0.25) is 9.78 Å². The fraction of sp³-hybridized carbons (Fsp3) is 0.263. The number of aromatic nitrogens is 2. The highest BCUT2D eigenvalue weighted by molar-refractivity contribution is 7.89. The average molecular weight is 384 g/mol. The highest BCUT2D eigenvalue weighted by Gasteiger charge is 2.25. The van der Waals surface area contributed by atoms with Gasteiger partial charge < -0.3 is 10.3 Å². The lowest BCUT2D eigenvalue weighted by molar-refractivity contribution is 0.102. The molecule has 3 heterocycles. The van der Waals surface area contributed by atoms with Crippen LogP contribution in [-0.2, 0) is 10.0 Å². The summed E-state index contributed by atoms with van der Waals surface area (Å²) in [6.45, 7) is 1.13. The zero-order valence-corrected chi connectivity index (χ0v) is 15.5. The average Bonchev–Trinajstić information content (AvgIpc) is 3.13. The number of rotatable bonds is 4. The molecule has 0 saturated carbocycles. The fourth-order valence-electron chi connectivity index (χ4n) is 3.26. The number of carbonyl (C=O) groups is 1. The lowest BCUT2D eigenvalue weighted by Crippen LogP contribution is -2.35. The summed E-state index contributed by atoms with van der Waals surface area (Å²) >= 11 is 0. The molecule has 1 fully saturated rings. The van der Waals surface area contributed by atoms with Crippen LogP contribution in [0, 0.1) is 0 Å². The molecule has 0 radical (unpaired) electrons. The molecule has 27 heavy (non-hydrogen) atoms. The molecule has 7 nitrogen and oxygen atoms in total. The second-order valence-electron chi connectivity index (χ2n) is 6.59. The van der Waals surface area contributed by atoms with E-state index >= 15 is 0 Å². The number of anilines is 1. The molecule has 1 saturated heterocycles. The fourth-order valence-corrected chi connectivity index (χ4v) is 4.77. The molecule has 0 bridgehead atoms. The Kier molecular flexibility index (Phi) is 4.67. The summed E-state index contributed by atoms with van der Waals surface area (Å²) in [4.78, 5) is 19.7. The Balaban J connectivity index is 1.49. The van der Waals surface area contributed by atoms with Crippen LogP contribution in [0.3, 0.4) is 0 Å². The summed E-state index contributed by atoms with van der Waals surface area (Å²) in [6, 6.07) is 9.82. The van der Waals surface area contributed by atoms with Gasteiger partial charge >= 0.3 is 0 Å². The zero-order chi connectivity index (χ0) is 18.9. The van der Waals surface area contributed by atoms with E-state index in [1.807, 2.05) is 0 Å². The topological polar surface area (TPSA) is 95.2 Å². The SMILES string of the molecule is O=C(Nc1ccc(S(=O)(=O)N2CCCCC2)cc1)c1cc2cnccc2[nH]1. The smallest absolute Gasteiger partial charge is 0.272 e. The van der Waals surface area contributed by atoms with Crippen molar-refractivity contribution in [3.05, 3.63) is 54.5 Å². The van der Waals surface area contributed by atoms with Crippen LogP contribution in [-0.4, -0.2) is 41.7 Å². The van der Waals surface area contributed by atoms with Gasteiger partial charge in [0.05, 0.1) is 4.90 Å². The van der Waals surface area contributed by atoms with E-state index in [0.717, 1.165) is 30.2 Å². The van der Waals surface area contributed by atoms with Crippen molar-refractivity contribution < 1.29 is 13.2 Å². The predicted molar refractivity (Wildman–Crippen MR) is 103 cm³/mol. The van der Waals surface area contributed by atoms with Crippen molar-refractivity contribution in [3.63, 3.8) is 0 Å². The van der Waals surface area contributed by atoms with E-state index in [2.05, 4.69) is 15.3 Å². The van der Waals surface area contributed by atoms with Crippen molar-refractivity contribution in [2.75, 3.05) is 18.4 Å². The molecular weight excluding hydrogens is 364 g/mol. The molecule has 1 amide bonds. The molecule has 140 valence electrons. The first-order chi connectivity index (χ1) is 13.0. The van der Waals surface area contributed by atoms with E-state index < -0.39 is 10.0 Å². The third-order valence-electron chi connectivity index (χ3n) is 4.73. The largest absolute Gasteiger partial charge is 0.350 e. The Morgan fingerprint density at radius 1 is 1.07 bits per heavy atom. The van der Waals surface area contributed by atoms with Crippen molar-refractivity contribution in [3.8, 4) is 0 Å².